The molecule has 0 bridgehead atoms. The lowest BCUT2D eigenvalue weighted by molar-refractivity contribution is -0.163. The van der Waals surface area contributed by atoms with E-state index in [4.69, 9.17) is 11.6 Å². The number of amides is 1. The molecule has 1 N–H and O–H groups in total. The molecule has 0 heterocycles. The highest BCUT2D eigenvalue weighted by Gasteiger charge is 2.64. The summed E-state index contributed by atoms with van der Waals surface area (Å²) >= 11 is 8.87. The van der Waals surface area contributed by atoms with Crippen molar-refractivity contribution in [2.45, 2.75) is 24.6 Å². The first-order valence-corrected chi connectivity index (χ1v) is 6.26. The molecule has 1 aromatic carbocycles. The fourth-order valence-electron chi connectivity index (χ4n) is 1.58. The molecule has 1 fully saturated rings. The Morgan fingerprint density at radius 1 is 1.33 bits per heavy atom. The quantitative estimate of drug-likeness (QED) is 0.867. The Labute approximate surface area is 115 Å². The molecule has 1 aromatic rings. The lowest BCUT2D eigenvalue weighted by Gasteiger charge is -2.20. The Morgan fingerprint density at radius 2 is 1.94 bits per heavy atom. The minimum Gasteiger partial charge on any atom is -0.338 e. The summed E-state index contributed by atoms with van der Waals surface area (Å²) < 4.78 is 38.6. The molecule has 1 aliphatic rings. The highest BCUT2D eigenvalue weighted by Crippen LogP contribution is 2.49. The first kappa shape index (κ1) is 13.7. The smallest absolute Gasteiger partial charge is 0.338 e. The molecule has 98 valence electrons. The summed E-state index contributed by atoms with van der Waals surface area (Å²) in [5.74, 6) is -0.770. The van der Waals surface area contributed by atoms with Gasteiger partial charge in [0.05, 0.1) is 0 Å². The lowest BCUT2D eigenvalue weighted by Crippen LogP contribution is -2.47. The van der Waals surface area contributed by atoms with Gasteiger partial charge in [0.25, 0.3) is 5.91 Å². The van der Waals surface area contributed by atoms with Crippen molar-refractivity contribution >= 4 is 33.4 Å². The van der Waals surface area contributed by atoms with E-state index in [1.165, 1.54) is 12.1 Å². The number of carbonyl (C=O) groups is 1. The van der Waals surface area contributed by atoms with Gasteiger partial charge in [-0.05, 0) is 31.0 Å². The van der Waals surface area contributed by atoms with Crippen LogP contribution in [0.4, 0.5) is 13.2 Å². The van der Waals surface area contributed by atoms with Crippen LogP contribution in [0.5, 0.6) is 0 Å². The Bertz CT molecular complexity index is 479. The molecule has 0 aliphatic heterocycles. The van der Waals surface area contributed by atoms with E-state index in [0.717, 1.165) is 0 Å². The molecule has 2 nitrogen and oxygen atoms in total. The van der Waals surface area contributed by atoms with Crippen LogP contribution < -0.4 is 5.32 Å². The van der Waals surface area contributed by atoms with Gasteiger partial charge in [-0.3, -0.25) is 4.79 Å². The van der Waals surface area contributed by atoms with Crippen LogP contribution >= 0.6 is 27.5 Å². The number of rotatable bonds is 2. The summed E-state index contributed by atoms with van der Waals surface area (Å²) in [6.07, 6.45) is -4.58. The molecule has 0 atom stereocenters. The first-order valence-electron chi connectivity index (χ1n) is 5.09. The van der Waals surface area contributed by atoms with Crippen molar-refractivity contribution in [2.24, 2.45) is 0 Å². The monoisotopic (exact) mass is 341 g/mol. The number of nitrogens with one attached hydrogen (secondary N) is 1. The van der Waals surface area contributed by atoms with Crippen molar-refractivity contribution in [1.29, 1.82) is 0 Å². The zero-order chi connectivity index (χ0) is 13.6. The van der Waals surface area contributed by atoms with E-state index in [9.17, 15) is 18.0 Å². The Balaban J connectivity index is 2.18. The molecule has 7 heteroatoms. The van der Waals surface area contributed by atoms with Crippen molar-refractivity contribution in [1.82, 2.24) is 5.32 Å². The van der Waals surface area contributed by atoms with E-state index in [1.54, 1.807) is 6.07 Å². The van der Waals surface area contributed by atoms with Gasteiger partial charge < -0.3 is 5.32 Å². The van der Waals surface area contributed by atoms with Crippen molar-refractivity contribution in [2.75, 3.05) is 0 Å². The van der Waals surface area contributed by atoms with E-state index in [2.05, 4.69) is 15.9 Å². The van der Waals surface area contributed by atoms with Crippen LogP contribution in [-0.2, 0) is 0 Å². The molecule has 18 heavy (non-hydrogen) atoms. The van der Waals surface area contributed by atoms with Crippen LogP contribution in [0.25, 0.3) is 0 Å². The summed E-state index contributed by atoms with van der Waals surface area (Å²) in [7, 11) is 0. The predicted molar refractivity (Wildman–Crippen MR) is 64.6 cm³/mol. The molecular formula is C11H8BrClF3NO. The molecule has 0 spiro atoms. The molecule has 0 radical (unpaired) electrons. The van der Waals surface area contributed by atoms with E-state index in [1.807, 2.05) is 5.32 Å². The van der Waals surface area contributed by atoms with Crippen molar-refractivity contribution in [3.8, 4) is 0 Å². The highest BCUT2D eigenvalue weighted by atomic mass is 79.9. The van der Waals surface area contributed by atoms with Gasteiger partial charge in [0.1, 0.15) is 5.54 Å². The maximum atomic E-state index is 12.7. The van der Waals surface area contributed by atoms with Crippen molar-refractivity contribution in [3.63, 3.8) is 0 Å². The standard InChI is InChI=1S/C11H8BrClF3NO/c12-7-3-6(4-8(13)5-7)9(18)17-10(1-2-10)11(14,15)16/h3-5H,1-2H2,(H,17,18). The minimum atomic E-state index is -4.42. The molecule has 1 amide bonds. The zero-order valence-electron chi connectivity index (χ0n) is 8.94. The minimum absolute atomic E-state index is 0.0794. The average molecular weight is 343 g/mol. The number of benzene rings is 1. The number of carbonyl (C=O) groups excluding carboxylic acids is 1. The van der Waals surface area contributed by atoms with Crippen LogP contribution in [0.1, 0.15) is 23.2 Å². The molecule has 1 aliphatic carbocycles. The molecule has 0 saturated heterocycles. The third kappa shape index (κ3) is 2.64. The second kappa shape index (κ2) is 4.42. The van der Waals surface area contributed by atoms with E-state index < -0.39 is 17.6 Å². The van der Waals surface area contributed by atoms with Crippen LogP contribution in [0, 0.1) is 0 Å². The normalized spacial score (nSPS) is 17.4. The number of hydrogen-bond donors (Lipinski definition) is 1. The lowest BCUT2D eigenvalue weighted by atomic mass is 10.2. The fraction of sp³-hybridized carbons (Fsp3) is 0.364. The topological polar surface area (TPSA) is 29.1 Å². The second-order valence-corrected chi connectivity index (χ2v) is 5.54. The predicted octanol–water partition coefficient (Wildman–Crippen LogP) is 3.93. The van der Waals surface area contributed by atoms with Crippen LogP contribution in [0.15, 0.2) is 22.7 Å². The van der Waals surface area contributed by atoms with E-state index in [-0.39, 0.29) is 23.4 Å². The Hall–Kier alpha value is -0.750. The maximum Gasteiger partial charge on any atom is 0.411 e. The van der Waals surface area contributed by atoms with Gasteiger partial charge in [0, 0.05) is 15.1 Å². The Kier molecular flexibility index (Phi) is 3.36. The van der Waals surface area contributed by atoms with Gasteiger partial charge in [-0.2, -0.15) is 13.2 Å². The average Bonchev–Trinajstić information content (AvgIpc) is 2.96. The van der Waals surface area contributed by atoms with Gasteiger partial charge in [-0.1, -0.05) is 27.5 Å². The third-order valence-electron chi connectivity index (χ3n) is 2.77. The van der Waals surface area contributed by atoms with Gasteiger partial charge >= 0.3 is 6.18 Å². The van der Waals surface area contributed by atoms with Crippen LogP contribution in [-0.4, -0.2) is 17.6 Å². The van der Waals surface area contributed by atoms with Gasteiger partial charge in [0.15, 0.2) is 0 Å². The van der Waals surface area contributed by atoms with Crippen molar-refractivity contribution < 1.29 is 18.0 Å². The molecule has 2 rings (SSSR count). The first-order chi connectivity index (χ1) is 8.23. The highest BCUT2D eigenvalue weighted by molar-refractivity contribution is 9.10. The SMILES string of the molecule is O=C(NC1(C(F)(F)F)CC1)c1cc(Cl)cc(Br)c1. The summed E-state index contributed by atoms with van der Waals surface area (Å²) in [6, 6.07) is 4.30. The van der Waals surface area contributed by atoms with Gasteiger partial charge in [0.2, 0.25) is 0 Å². The number of alkyl halides is 3. The summed E-state index contributed by atoms with van der Waals surface area (Å²) in [4.78, 5) is 11.8. The summed E-state index contributed by atoms with van der Waals surface area (Å²) in [5, 5.41) is 2.32. The largest absolute Gasteiger partial charge is 0.411 e. The van der Waals surface area contributed by atoms with Crippen molar-refractivity contribution in [3.05, 3.63) is 33.3 Å². The Morgan fingerprint density at radius 3 is 2.39 bits per heavy atom. The van der Waals surface area contributed by atoms with Crippen LogP contribution in [0.2, 0.25) is 5.02 Å². The fourth-order valence-corrected chi connectivity index (χ4v) is 2.44. The second-order valence-electron chi connectivity index (χ2n) is 4.19. The molecule has 0 unspecified atom stereocenters. The molecular weight excluding hydrogens is 334 g/mol. The number of hydrogen-bond acceptors (Lipinski definition) is 1. The molecule has 0 aromatic heterocycles. The van der Waals surface area contributed by atoms with Gasteiger partial charge in [-0.15, -0.1) is 0 Å². The molecule has 1 saturated carbocycles. The zero-order valence-corrected chi connectivity index (χ0v) is 11.3. The van der Waals surface area contributed by atoms with Gasteiger partial charge in [-0.25, -0.2) is 0 Å². The number of halogens is 5. The summed E-state index contributed by atoms with van der Waals surface area (Å²) in [6.45, 7) is 0. The third-order valence-corrected chi connectivity index (χ3v) is 3.45. The summed E-state index contributed by atoms with van der Waals surface area (Å²) in [5.41, 5.74) is -1.95. The maximum absolute atomic E-state index is 12.7. The van der Waals surface area contributed by atoms with E-state index in [0.29, 0.717) is 4.47 Å². The van der Waals surface area contributed by atoms with E-state index >= 15 is 0 Å². The van der Waals surface area contributed by atoms with Crippen LogP contribution in [0.3, 0.4) is 0 Å².